The Balaban J connectivity index is 1.90. The van der Waals surface area contributed by atoms with Crippen molar-refractivity contribution in [2.24, 2.45) is 0 Å². The number of aromatic nitrogens is 3. The van der Waals surface area contributed by atoms with Gasteiger partial charge in [0.15, 0.2) is 5.65 Å². The first-order chi connectivity index (χ1) is 12.6. The predicted molar refractivity (Wildman–Crippen MR) is 97.5 cm³/mol. The molecule has 1 fully saturated rings. The second kappa shape index (κ2) is 6.67. The highest BCUT2D eigenvalue weighted by Crippen LogP contribution is 2.39. The van der Waals surface area contributed by atoms with E-state index in [-0.39, 0.29) is 17.4 Å². The van der Waals surface area contributed by atoms with Crippen LogP contribution in [0.1, 0.15) is 42.5 Å². The normalized spacial score (nSPS) is 15.2. The molecule has 0 spiro atoms. The number of nitrogens with one attached hydrogen (secondary N) is 1. The maximum absolute atomic E-state index is 11.8. The fourth-order valence-corrected chi connectivity index (χ4v) is 3.63. The molecular formula is C19H20N4O3. The number of imidazole rings is 1. The SMILES string of the molecule is O=C(O)c1ccc(O)c(NC2CCCCC2)c1-c1cnc2cccnn12. The van der Waals surface area contributed by atoms with Gasteiger partial charge in [0, 0.05) is 17.8 Å². The zero-order valence-electron chi connectivity index (χ0n) is 14.2. The van der Waals surface area contributed by atoms with E-state index in [2.05, 4.69) is 15.4 Å². The van der Waals surface area contributed by atoms with Crippen molar-refractivity contribution < 1.29 is 15.0 Å². The number of anilines is 1. The van der Waals surface area contributed by atoms with E-state index < -0.39 is 5.97 Å². The third-order valence-electron chi connectivity index (χ3n) is 4.90. The van der Waals surface area contributed by atoms with Crippen LogP contribution in [-0.2, 0) is 0 Å². The topological polar surface area (TPSA) is 99.8 Å². The summed E-state index contributed by atoms with van der Waals surface area (Å²) in [6.07, 6.45) is 8.69. The number of hydrogen-bond acceptors (Lipinski definition) is 5. The monoisotopic (exact) mass is 352 g/mol. The molecule has 0 aliphatic heterocycles. The lowest BCUT2D eigenvalue weighted by Crippen LogP contribution is -2.23. The number of fused-ring (bicyclic) bond motifs is 1. The Morgan fingerprint density at radius 2 is 2.00 bits per heavy atom. The third kappa shape index (κ3) is 2.85. The zero-order valence-corrected chi connectivity index (χ0v) is 14.2. The molecule has 7 heteroatoms. The Hall–Kier alpha value is -3.09. The molecular weight excluding hydrogens is 332 g/mol. The number of aromatic carboxylic acids is 1. The minimum atomic E-state index is -1.06. The van der Waals surface area contributed by atoms with Crippen LogP contribution < -0.4 is 5.32 Å². The number of carboxylic acid groups (broad SMARTS) is 1. The van der Waals surface area contributed by atoms with Gasteiger partial charge < -0.3 is 15.5 Å². The molecule has 0 radical (unpaired) electrons. The van der Waals surface area contributed by atoms with Crippen molar-refractivity contribution in [1.29, 1.82) is 0 Å². The molecule has 134 valence electrons. The molecule has 0 atom stereocenters. The number of aromatic hydroxyl groups is 1. The average Bonchev–Trinajstić information content (AvgIpc) is 3.08. The molecule has 1 aliphatic rings. The number of hydrogen-bond donors (Lipinski definition) is 3. The maximum Gasteiger partial charge on any atom is 0.336 e. The molecule has 0 unspecified atom stereocenters. The van der Waals surface area contributed by atoms with Gasteiger partial charge >= 0.3 is 5.97 Å². The van der Waals surface area contributed by atoms with Crippen molar-refractivity contribution in [3.63, 3.8) is 0 Å². The lowest BCUT2D eigenvalue weighted by Gasteiger charge is -2.26. The molecule has 0 amide bonds. The number of phenols is 1. The molecule has 2 heterocycles. The molecule has 4 rings (SSSR count). The predicted octanol–water partition coefficient (Wildman–Crippen LogP) is 3.54. The van der Waals surface area contributed by atoms with Gasteiger partial charge in [0.25, 0.3) is 0 Å². The van der Waals surface area contributed by atoms with Gasteiger partial charge in [-0.3, -0.25) is 0 Å². The largest absolute Gasteiger partial charge is 0.506 e. The molecule has 2 aromatic heterocycles. The number of carboxylic acids is 1. The van der Waals surface area contributed by atoms with Crippen LogP contribution in [0.3, 0.4) is 0 Å². The molecule has 0 bridgehead atoms. The van der Waals surface area contributed by atoms with Crippen molar-refractivity contribution in [2.45, 2.75) is 38.1 Å². The van der Waals surface area contributed by atoms with E-state index in [9.17, 15) is 15.0 Å². The van der Waals surface area contributed by atoms with Crippen LogP contribution in [0.25, 0.3) is 16.9 Å². The number of benzene rings is 1. The second-order valence-corrected chi connectivity index (χ2v) is 6.60. The highest BCUT2D eigenvalue weighted by molar-refractivity contribution is 6.01. The van der Waals surface area contributed by atoms with E-state index in [1.54, 1.807) is 29.0 Å². The van der Waals surface area contributed by atoms with Crippen molar-refractivity contribution in [1.82, 2.24) is 14.6 Å². The first-order valence-electron chi connectivity index (χ1n) is 8.80. The fraction of sp³-hybridized carbons (Fsp3) is 0.316. The highest BCUT2D eigenvalue weighted by Gasteiger charge is 2.24. The van der Waals surface area contributed by atoms with Crippen molar-refractivity contribution in [2.75, 3.05) is 5.32 Å². The molecule has 3 N–H and O–H groups in total. The molecule has 7 nitrogen and oxygen atoms in total. The summed E-state index contributed by atoms with van der Waals surface area (Å²) in [4.78, 5) is 16.2. The smallest absolute Gasteiger partial charge is 0.336 e. The Morgan fingerprint density at radius 3 is 2.77 bits per heavy atom. The highest BCUT2D eigenvalue weighted by atomic mass is 16.4. The number of rotatable bonds is 4. The van der Waals surface area contributed by atoms with Crippen LogP contribution in [0.2, 0.25) is 0 Å². The molecule has 1 aromatic carbocycles. The Morgan fingerprint density at radius 1 is 1.19 bits per heavy atom. The van der Waals surface area contributed by atoms with Gasteiger partial charge in [-0.25, -0.2) is 14.3 Å². The minimum absolute atomic E-state index is 0.0291. The van der Waals surface area contributed by atoms with Crippen molar-refractivity contribution in [3.8, 4) is 17.0 Å². The second-order valence-electron chi connectivity index (χ2n) is 6.60. The third-order valence-corrected chi connectivity index (χ3v) is 4.90. The summed E-state index contributed by atoms with van der Waals surface area (Å²) in [5.74, 6) is -1.03. The summed E-state index contributed by atoms with van der Waals surface area (Å²) in [5, 5.41) is 27.9. The van der Waals surface area contributed by atoms with Crippen molar-refractivity contribution in [3.05, 3.63) is 42.2 Å². The molecule has 0 saturated heterocycles. The van der Waals surface area contributed by atoms with Crippen LogP contribution in [0.15, 0.2) is 36.7 Å². The fourth-order valence-electron chi connectivity index (χ4n) is 3.63. The van der Waals surface area contributed by atoms with E-state index in [4.69, 9.17) is 0 Å². The van der Waals surface area contributed by atoms with Gasteiger partial charge in [0.2, 0.25) is 0 Å². The molecule has 26 heavy (non-hydrogen) atoms. The van der Waals surface area contributed by atoms with E-state index in [0.29, 0.717) is 22.6 Å². The van der Waals surface area contributed by atoms with E-state index in [1.807, 2.05) is 0 Å². The standard InChI is InChI=1S/C19H20N4O3/c24-15-9-8-13(19(25)26)17(18(15)22-12-5-2-1-3-6-12)14-11-20-16-7-4-10-21-23(14)16/h4,7-12,22,24H,1-3,5-6H2,(H,25,26). The lowest BCUT2D eigenvalue weighted by atomic mass is 9.94. The van der Waals surface area contributed by atoms with Crippen LogP contribution in [0.5, 0.6) is 5.75 Å². The van der Waals surface area contributed by atoms with Gasteiger partial charge in [0.1, 0.15) is 5.75 Å². The van der Waals surface area contributed by atoms with Crippen LogP contribution in [0.4, 0.5) is 5.69 Å². The maximum atomic E-state index is 11.8. The van der Waals surface area contributed by atoms with Gasteiger partial charge in [0.05, 0.1) is 23.1 Å². The summed E-state index contributed by atoms with van der Waals surface area (Å²) < 4.78 is 1.59. The van der Waals surface area contributed by atoms with Gasteiger partial charge in [-0.2, -0.15) is 5.10 Å². The van der Waals surface area contributed by atoms with Gasteiger partial charge in [-0.1, -0.05) is 19.3 Å². The average molecular weight is 352 g/mol. The minimum Gasteiger partial charge on any atom is -0.506 e. The number of phenolic OH excluding ortho intramolecular Hbond substituents is 1. The Labute approximate surface area is 150 Å². The zero-order chi connectivity index (χ0) is 18.1. The summed E-state index contributed by atoms with van der Waals surface area (Å²) in [7, 11) is 0. The van der Waals surface area contributed by atoms with Crippen LogP contribution in [-0.4, -0.2) is 36.8 Å². The quantitative estimate of drug-likeness (QED) is 0.621. The summed E-state index contributed by atoms with van der Waals surface area (Å²) in [6, 6.07) is 6.63. The molecule has 1 aliphatic carbocycles. The summed E-state index contributed by atoms with van der Waals surface area (Å²) in [5.41, 5.74) is 2.10. The number of carbonyl (C=O) groups is 1. The molecule has 1 saturated carbocycles. The summed E-state index contributed by atoms with van der Waals surface area (Å²) in [6.45, 7) is 0. The van der Waals surface area contributed by atoms with Crippen LogP contribution in [0, 0.1) is 0 Å². The molecule has 3 aromatic rings. The Kier molecular flexibility index (Phi) is 4.20. The number of nitrogens with zero attached hydrogens (tertiary/aromatic N) is 3. The van der Waals surface area contributed by atoms with E-state index >= 15 is 0 Å². The van der Waals surface area contributed by atoms with E-state index in [0.717, 1.165) is 25.7 Å². The lowest BCUT2D eigenvalue weighted by molar-refractivity contribution is 0.0697. The van der Waals surface area contributed by atoms with E-state index in [1.165, 1.54) is 18.6 Å². The summed E-state index contributed by atoms with van der Waals surface area (Å²) >= 11 is 0. The van der Waals surface area contributed by atoms with Crippen LogP contribution >= 0.6 is 0 Å². The first-order valence-corrected chi connectivity index (χ1v) is 8.80. The Bertz CT molecular complexity index is 961. The van der Waals surface area contributed by atoms with Gasteiger partial charge in [-0.15, -0.1) is 0 Å². The van der Waals surface area contributed by atoms with Crippen molar-refractivity contribution >= 4 is 17.3 Å². The van der Waals surface area contributed by atoms with Gasteiger partial charge in [-0.05, 0) is 37.1 Å². The first kappa shape index (κ1) is 16.4.